The normalized spacial score (nSPS) is 23.1. The summed E-state index contributed by atoms with van der Waals surface area (Å²) in [5.74, 6) is 1.73. The Kier molecular flexibility index (Phi) is 11.9. The summed E-state index contributed by atoms with van der Waals surface area (Å²) in [4.78, 5) is 9.97. The van der Waals surface area contributed by atoms with Gasteiger partial charge in [-0.15, -0.1) is 5.54 Å². The molecule has 1 fully saturated rings. The fraction of sp³-hybridized carbons (Fsp3) is 0.941. The quantitative estimate of drug-likeness (QED) is 0.368. The number of hydrogen-bond donors (Lipinski definition) is 0. The molecular weight excluding hydrogens is 394 g/mol. The number of hydrogen-bond acceptors (Lipinski definition) is 0. The molecule has 6 heteroatoms. The topological polar surface area (TPSA) is 42.3 Å². The molecule has 1 rings (SSSR count). The van der Waals surface area contributed by atoms with Crippen molar-refractivity contribution in [2.24, 2.45) is 0 Å². The molecule has 2 atom stereocenters. The van der Waals surface area contributed by atoms with Crippen LogP contribution in [0.5, 0.6) is 0 Å². The van der Waals surface area contributed by atoms with Gasteiger partial charge in [-0.25, -0.2) is 0 Å². The maximum absolute atomic E-state index is 5.22. The van der Waals surface area contributed by atoms with Gasteiger partial charge in [0.25, 0.3) is 0 Å². The average molecular weight is 433 g/mol. The molecular formula is C17H39N3Si2Zr. The second-order valence-corrected chi connectivity index (χ2v) is 17.4. The van der Waals surface area contributed by atoms with Crippen molar-refractivity contribution in [3.05, 3.63) is 21.2 Å². The van der Waals surface area contributed by atoms with Crippen LogP contribution in [0.4, 0.5) is 0 Å². The van der Waals surface area contributed by atoms with Gasteiger partial charge in [-0.05, 0) is 0 Å². The smallest absolute Gasteiger partial charge is 0.669 e. The second-order valence-electron chi connectivity index (χ2n) is 8.69. The van der Waals surface area contributed by atoms with Gasteiger partial charge < -0.3 is 21.2 Å². The Labute approximate surface area is 167 Å². The van der Waals surface area contributed by atoms with Crippen molar-refractivity contribution in [3.63, 3.8) is 0 Å². The summed E-state index contributed by atoms with van der Waals surface area (Å²) in [5.41, 5.74) is 1.66. The molecule has 1 aliphatic rings. The van der Waals surface area contributed by atoms with Gasteiger partial charge in [0.1, 0.15) is 0 Å². The van der Waals surface area contributed by atoms with Crippen LogP contribution in [0, 0.1) is 5.92 Å². The van der Waals surface area contributed by atoms with Crippen LogP contribution in [0.15, 0.2) is 0 Å². The van der Waals surface area contributed by atoms with Crippen molar-refractivity contribution >= 4 is 16.5 Å². The van der Waals surface area contributed by atoms with Gasteiger partial charge in [0.05, 0.1) is 0 Å². The van der Waals surface area contributed by atoms with Crippen LogP contribution in [0.1, 0.15) is 40.5 Å². The Hall–Kier alpha value is 1.20. The van der Waals surface area contributed by atoms with Crippen molar-refractivity contribution in [2.75, 3.05) is 21.1 Å². The summed E-state index contributed by atoms with van der Waals surface area (Å²) in [6.45, 7) is 18.9. The number of nitrogens with zero attached hydrogens (tertiary/aromatic N) is 3. The summed E-state index contributed by atoms with van der Waals surface area (Å²) in [6, 6.07) is 0. The van der Waals surface area contributed by atoms with Gasteiger partial charge >= 0.3 is 26.2 Å². The predicted octanol–water partition coefficient (Wildman–Crippen LogP) is 6.32. The molecule has 0 aliphatic heterocycles. The van der Waals surface area contributed by atoms with E-state index >= 15 is 0 Å². The molecule has 1 aliphatic carbocycles. The van der Waals surface area contributed by atoms with Crippen molar-refractivity contribution in [2.45, 2.75) is 83.3 Å². The Morgan fingerprint density at radius 1 is 0.870 bits per heavy atom. The Morgan fingerprint density at radius 3 is 1.52 bits per heavy atom. The minimum atomic E-state index is -1.53. The van der Waals surface area contributed by atoms with E-state index in [0.717, 1.165) is 11.1 Å². The molecule has 134 valence electrons. The van der Waals surface area contributed by atoms with Crippen molar-refractivity contribution in [1.82, 2.24) is 0 Å². The van der Waals surface area contributed by atoms with E-state index in [2.05, 4.69) is 59.2 Å². The molecule has 0 aromatic rings. The first-order valence-electron chi connectivity index (χ1n) is 8.48. The van der Waals surface area contributed by atoms with Gasteiger partial charge in [-0.2, -0.15) is 39.1 Å². The van der Waals surface area contributed by atoms with Crippen LogP contribution in [-0.4, -0.2) is 43.2 Å². The van der Waals surface area contributed by atoms with E-state index in [4.69, 9.17) is 9.96 Å². The van der Waals surface area contributed by atoms with Crippen LogP contribution < -0.4 is 0 Å². The molecule has 0 aromatic heterocycles. The maximum atomic E-state index is 5.22. The van der Waals surface area contributed by atoms with Gasteiger partial charge in [-0.1, -0.05) is 76.3 Å². The van der Waals surface area contributed by atoms with Crippen LogP contribution in [-0.2, 0) is 26.2 Å². The fourth-order valence-electron chi connectivity index (χ4n) is 3.95. The van der Waals surface area contributed by atoms with Gasteiger partial charge in [0, 0.05) is 0 Å². The van der Waals surface area contributed by atoms with Crippen LogP contribution in [0.3, 0.4) is 0 Å². The van der Waals surface area contributed by atoms with E-state index in [9.17, 15) is 0 Å². The van der Waals surface area contributed by atoms with Crippen LogP contribution in [0.25, 0.3) is 15.3 Å². The Bertz CT molecular complexity index is 330. The first-order chi connectivity index (χ1) is 9.82. The molecule has 1 saturated carbocycles. The van der Waals surface area contributed by atoms with Gasteiger partial charge in [0.15, 0.2) is 0 Å². The zero-order chi connectivity index (χ0) is 17.8. The van der Waals surface area contributed by atoms with E-state index in [-0.39, 0.29) is 31.7 Å². The molecule has 0 N–H and O–H groups in total. The van der Waals surface area contributed by atoms with E-state index in [0.29, 0.717) is 0 Å². The molecule has 2 unspecified atom stereocenters. The minimum Gasteiger partial charge on any atom is -0.669 e. The van der Waals surface area contributed by atoms with Gasteiger partial charge in [-0.3, -0.25) is 0 Å². The zero-order valence-corrected chi connectivity index (χ0v) is 21.9. The maximum Gasteiger partial charge on any atom is 4.00 e. The third-order valence-electron chi connectivity index (χ3n) is 4.75. The largest absolute Gasteiger partial charge is 4.00 e. The fourth-order valence-corrected chi connectivity index (χ4v) is 10.7. The van der Waals surface area contributed by atoms with Crippen molar-refractivity contribution in [3.8, 4) is 0 Å². The Balaban J connectivity index is 0. The monoisotopic (exact) mass is 431 g/mol. The van der Waals surface area contributed by atoms with Crippen LogP contribution in [0.2, 0.25) is 37.3 Å². The summed E-state index contributed by atoms with van der Waals surface area (Å²) < 4.78 is 0. The molecule has 0 saturated heterocycles. The van der Waals surface area contributed by atoms with E-state index in [1.807, 2.05) is 7.05 Å². The first-order valence-corrected chi connectivity index (χ1v) is 14.5. The predicted molar refractivity (Wildman–Crippen MR) is 108 cm³/mol. The summed E-state index contributed by atoms with van der Waals surface area (Å²) in [6.07, 6.45) is 2.70. The van der Waals surface area contributed by atoms with E-state index in [1.54, 1.807) is 20.0 Å². The van der Waals surface area contributed by atoms with E-state index in [1.165, 1.54) is 12.8 Å². The van der Waals surface area contributed by atoms with Crippen LogP contribution >= 0.6 is 0 Å². The summed E-state index contributed by atoms with van der Waals surface area (Å²) in [5, 5.41) is 3.50. The molecule has 0 radical (unpaired) electrons. The minimum absolute atomic E-state index is 0. The average Bonchev–Trinajstić information content (AvgIpc) is 2.70. The summed E-state index contributed by atoms with van der Waals surface area (Å²) in [7, 11) is 2.57. The second kappa shape index (κ2) is 10.4. The molecule has 0 amide bonds. The molecule has 0 bridgehead atoms. The number of rotatable bonds is 4. The molecule has 0 heterocycles. The third-order valence-corrected chi connectivity index (χ3v) is 12.0. The molecule has 23 heavy (non-hydrogen) atoms. The Morgan fingerprint density at radius 2 is 1.22 bits per heavy atom. The molecule has 0 spiro atoms. The first kappa shape index (κ1) is 26.4. The zero-order valence-electron chi connectivity index (χ0n) is 17.4. The van der Waals surface area contributed by atoms with Crippen molar-refractivity contribution in [1.29, 1.82) is 0 Å². The molecule has 3 nitrogen and oxygen atoms in total. The molecule has 0 aromatic carbocycles. The van der Waals surface area contributed by atoms with E-state index < -0.39 is 16.5 Å². The summed E-state index contributed by atoms with van der Waals surface area (Å²) >= 11 is 0. The standard InChI is InChI=1S/C15H33N2Si2.C2H6N.Zr/c1-12-13(18(6,7)16-5)10-11-14(12)19(8,9)17-15(2,3)4;1-3-2;/h13-14H,10-11H2,1-9H3;1-2H3;/q-3;-1;+4. The van der Waals surface area contributed by atoms with Gasteiger partial charge in [0.2, 0.25) is 0 Å². The third kappa shape index (κ3) is 8.41. The SMILES string of the molecule is C[N-]C.C[N-][Si](C)(C)C1CCC([Si](C)(C)[N-]C(C)(C)C)[C-]1C.[Zr+4]. The van der Waals surface area contributed by atoms with Crippen molar-refractivity contribution < 1.29 is 26.2 Å².